The molecule has 0 radical (unpaired) electrons. The van der Waals surface area contributed by atoms with Crippen molar-refractivity contribution in [1.29, 1.82) is 0 Å². The molecule has 0 fully saturated rings. The van der Waals surface area contributed by atoms with E-state index in [1.54, 1.807) is 0 Å². The Kier molecular flexibility index (Phi) is 6.61. The lowest BCUT2D eigenvalue weighted by molar-refractivity contribution is -0.154. The van der Waals surface area contributed by atoms with Crippen LogP contribution >= 0.6 is 0 Å². The average molecular weight is 319 g/mol. The molecule has 0 aliphatic rings. The van der Waals surface area contributed by atoms with E-state index in [4.69, 9.17) is 5.73 Å². The third-order valence-electron chi connectivity index (χ3n) is 2.76. The van der Waals surface area contributed by atoms with E-state index in [1.807, 2.05) is 13.8 Å². The van der Waals surface area contributed by atoms with Gasteiger partial charge < -0.3 is 15.8 Å². The van der Waals surface area contributed by atoms with E-state index in [2.05, 4.69) is 15.0 Å². The Balaban J connectivity index is 2.60. The number of carbonyl (C=O) groups excluding carboxylic acids is 1. The predicted octanol–water partition coefficient (Wildman–Crippen LogP) is 2.13. The predicted molar refractivity (Wildman–Crippen MR) is 75.6 cm³/mol. The summed E-state index contributed by atoms with van der Waals surface area (Å²) in [6.45, 7) is 2.92. The third kappa shape index (κ3) is 6.75. The molecule has 8 heteroatoms. The third-order valence-corrected chi connectivity index (χ3v) is 2.76. The fraction of sp³-hybridized carbons (Fsp3) is 0.571. The van der Waals surface area contributed by atoms with Crippen molar-refractivity contribution in [2.75, 3.05) is 13.2 Å². The first-order valence-corrected chi connectivity index (χ1v) is 6.87. The van der Waals surface area contributed by atoms with Crippen molar-refractivity contribution < 1.29 is 22.7 Å². The first-order valence-electron chi connectivity index (χ1n) is 6.87. The molecule has 0 aliphatic carbocycles. The van der Waals surface area contributed by atoms with E-state index in [9.17, 15) is 18.0 Å². The number of alkyl halides is 3. The Morgan fingerprint density at radius 1 is 1.41 bits per heavy atom. The second-order valence-corrected chi connectivity index (χ2v) is 5.32. The summed E-state index contributed by atoms with van der Waals surface area (Å²) >= 11 is 0. The van der Waals surface area contributed by atoms with Crippen LogP contribution in [0, 0.1) is 5.92 Å². The minimum Gasteiger partial charge on any atom is -0.468 e. The maximum absolute atomic E-state index is 12.0. The number of ether oxygens (including phenoxy) is 1. The highest BCUT2D eigenvalue weighted by Crippen LogP contribution is 2.17. The molecule has 0 aromatic carbocycles. The zero-order chi connectivity index (χ0) is 16.8. The number of carbonyl (C=O) groups is 1. The average Bonchev–Trinajstić information content (AvgIpc) is 2.43. The second-order valence-electron chi connectivity index (χ2n) is 5.32. The van der Waals surface area contributed by atoms with Gasteiger partial charge in [-0.3, -0.25) is 4.79 Å². The topological polar surface area (TPSA) is 77.2 Å². The first kappa shape index (κ1) is 18.2. The zero-order valence-electron chi connectivity index (χ0n) is 12.5. The lowest BCUT2D eigenvalue weighted by Crippen LogP contribution is -2.41. The Bertz CT molecular complexity index is 475. The Morgan fingerprint density at radius 3 is 2.55 bits per heavy atom. The van der Waals surface area contributed by atoms with Crippen LogP contribution in [0.4, 0.5) is 13.2 Å². The summed E-state index contributed by atoms with van der Waals surface area (Å²) in [5, 5.41) is 2.77. The number of rotatable bonds is 7. The van der Waals surface area contributed by atoms with Gasteiger partial charge >= 0.3 is 6.18 Å². The molecule has 0 aliphatic heterocycles. The zero-order valence-corrected chi connectivity index (χ0v) is 12.5. The lowest BCUT2D eigenvalue weighted by Gasteiger charge is -2.18. The first-order chi connectivity index (χ1) is 10.2. The maximum atomic E-state index is 12.0. The summed E-state index contributed by atoms with van der Waals surface area (Å²) in [5.41, 5.74) is 5.83. The number of halogens is 3. The number of amides is 1. The SMILES string of the molecule is CC(C)CC(CN)NC(=O)c1ccc(OCC(F)(F)F)nc1. The number of hydrogen-bond acceptors (Lipinski definition) is 4. The molecule has 1 rings (SSSR count). The molecule has 1 atom stereocenters. The van der Waals surface area contributed by atoms with E-state index in [0.29, 0.717) is 12.5 Å². The quantitative estimate of drug-likeness (QED) is 0.807. The summed E-state index contributed by atoms with van der Waals surface area (Å²) in [6, 6.07) is 2.42. The molecule has 0 saturated heterocycles. The molecule has 0 spiro atoms. The van der Waals surface area contributed by atoms with Crippen LogP contribution in [0.5, 0.6) is 5.88 Å². The fourth-order valence-electron chi connectivity index (χ4n) is 1.81. The summed E-state index contributed by atoms with van der Waals surface area (Å²) in [5.74, 6) is -0.178. The van der Waals surface area contributed by atoms with Crippen LogP contribution in [0.25, 0.3) is 0 Å². The Labute approximate surface area is 127 Å². The highest BCUT2D eigenvalue weighted by Gasteiger charge is 2.28. The van der Waals surface area contributed by atoms with Crippen LogP contribution in [-0.4, -0.2) is 36.3 Å². The molecule has 0 bridgehead atoms. The van der Waals surface area contributed by atoms with Crippen molar-refractivity contribution in [2.24, 2.45) is 11.7 Å². The van der Waals surface area contributed by atoms with Crippen molar-refractivity contribution in [3.63, 3.8) is 0 Å². The number of aromatic nitrogens is 1. The van der Waals surface area contributed by atoms with Gasteiger partial charge in [0.05, 0.1) is 5.56 Å². The Hall–Kier alpha value is -1.83. The van der Waals surface area contributed by atoms with Gasteiger partial charge in [0.1, 0.15) is 0 Å². The molecule has 1 unspecified atom stereocenters. The van der Waals surface area contributed by atoms with E-state index in [1.165, 1.54) is 18.3 Å². The van der Waals surface area contributed by atoms with Crippen LogP contribution in [-0.2, 0) is 0 Å². The van der Waals surface area contributed by atoms with Gasteiger partial charge in [-0.15, -0.1) is 0 Å². The minimum absolute atomic E-state index is 0.159. The number of hydrogen-bond donors (Lipinski definition) is 2. The molecule has 22 heavy (non-hydrogen) atoms. The summed E-state index contributed by atoms with van der Waals surface area (Å²) in [7, 11) is 0. The van der Waals surface area contributed by atoms with Gasteiger partial charge in [-0.05, 0) is 18.4 Å². The van der Waals surface area contributed by atoms with Crippen molar-refractivity contribution in [1.82, 2.24) is 10.3 Å². The molecule has 1 aromatic heterocycles. The highest BCUT2D eigenvalue weighted by atomic mass is 19.4. The molecule has 124 valence electrons. The van der Waals surface area contributed by atoms with Gasteiger partial charge in [0.15, 0.2) is 6.61 Å². The minimum atomic E-state index is -4.43. The van der Waals surface area contributed by atoms with E-state index in [-0.39, 0.29) is 23.4 Å². The van der Waals surface area contributed by atoms with Gasteiger partial charge in [-0.1, -0.05) is 13.8 Å². The van der Waals surface area contributed by atoms with Crippen molar-refractivity contribution in [3.8, 4) is 5.88 Å². The normalized spacial score (nSPS) is 13.0. The van der Waals surface area contributed by atoms with E-state index in [0.717, 1.165) is 6.42 Å². The number of nitrogens with zero attached hydrogens (tertiary/aromatic N) is 1. The van der Waals surface area contributed by atoms with E-state index < -0.39 is 12.8 Å². The maximum Gasteiger partial charge on any atom is 0.422 e. The van der Waals surface area contributed by atoms with E-state index >= 15 is 0 Å². The van der Waals surface area contributed by atoms with Gasteiger partial charge in [-0.2, -0.15) is 13.2 Å². The van der Waals surface area contributed by atoms with Crippen LogP contribution < -0.4 is 15.8 Å². The fourth-order valence-corrected chi connectivity index (χ4v) is 1.81. The molecule has 5 nitrogen and oxygen atoms in total. The van der Waals surface area contributed by atoms with Crippen LogP contribution in [0.2, 0.25) is 0 Å². The van der Waals surface area contributed by atoms with Crippen LogP contribution in [0.1, 0.15) is 30.6 Å². The molecule has 1 amide bonds. The number of nitrogens with one attached hydrogen (secondary N) is 1. The largest absolute Gasteiger partial charge is 0.468 e. The van der Waals surface area contributed by atoms with Crippen LogP contribution in [0.15, 0.2) is 18.3 Å². The van der Waals surface area contributed by atoms with Crippen molar-refractivity contribution in [2.45, 2.75) is 32.5 Å². The molecule has 3 N–H and O–H groups in total. The standard InChI is InChI=1S/C14H20F3N3O2/c1-9(2)5-11(6-18)20-13(21)10-3-4-12(19-7-10)22-8-14(15,16)17/h3-4,7,9,11H,5-6,8,18H2,1-2H3,(H,20,21). The summed E-state index contributed by atoms with van der Waals surface area (Å²) in [6.07, 6.45) is -2.52. The summed E-state index contributed by atoms with van der Waals surface area (Å²) < 4.78 is 40.5. The van der Waals surface area contributed by atoms with Gasteiger partial charge in [0.25, 0.3) is 5.91 Å². The number of pyridine rings is 1. The second kappa shape index (κ2) is 7.98. The highest BCUT2D eigenvalue weighted by molar-refractivity contribution is 5.94. The van der Waals surface area contributed by atoms with Crippen molar-refractivity contribution >= 4 is 5.91 Å². The smallest absolute Gasteiger partial charge is 0.422 e. The number of nitrogens with two attached hydrogens (primary N) is 1. The van der Waals surface area contributed by atoms with Crippen LogP contribution in [0.3, 0.4) is 0 Å². The van der Waals surface area contributed by atoms with Crippen molar-refractivity contribution in [3.05, 3.63) is 23.9 Å². The molecular weight excluding hydrogens is 299 g/mol. The molecular formula is C14H20F3N3O2. The van der Waals surface area contributed by atoms with Gasteiger partial charge in [0, 0.05) is 24.8 Å². The van der Waals surface area contributed by atoms with Gasteiger partial charge in [-0.25, -0.2) is 4.98 Å². The summed E-state index contributed by atoms with van der Waals surface area (Å²) in [4.78, 5) is 15.7. The molecule has 1 aromatic rings. The molecule has 0 saturated carbocycles. The Morgan fingerprint density at radius 2 is 2.09 bits per heavy atom. The molecule has 1 heterocycles. The monoisotopic (exact) mass is 319 g/mol. The van der Waals surface area contributed by atoms with Gasteiger partial charge in [0.2, 0.25) is 5.88 Å². The lowest BCUT2D eigenvalue weighted by atomic mass is 10.0.